The fourth-order valence-electron chi connectivity index (χ4n) is 2.04. The molecule has 0 amide bonds. The molecule has 6 nitrogen and oxygen atoms in total. The van der Waals surface area contributed by atoms with Crippen LogP contribution in [0.25, 0.3) is 26.8 Å². The summed E-state index contributed by atoms with van der Waals surface area (Å²) in [5.74, 6) is 0. The highest BCUT2D eigenvalue weighted by Crippen LogP contribution is 2.27. The minimum atomic E-state index is -0.0961. The molecule has 0 saturated carbocycles. The van der Waals surface area contributed by atoms with Crippen LogP contribution in [0.15, 0.2) is 29.1 Å². The number of H-pyrrole nitrogens is 1. The zero-order valence-electron chi connectivity index (χ0n) is 8.41. The van der Waals surface area contributed by atoms with Gasteiger partial charge < -0.3 is 4.98 Å². The van der Waals surface area contributed by atoms with Crippen molar-refractivity contribution in [2.24, 2.45) is 0 Å². The Kier molecular flexibility index (Phi) is 1.50. The Morgan fingerprint density at radius 3 is 3.12 bits per heavy atom. The van der Waals surface area contributed by atoms with Crippen molar-refractivity contribution in [2.75, 3.05) is 0 Å². The molecule has 1 aromatic carbocycles. The summed E-state index contributed by atoms with van der Waals surface area (Å²) in [7, 11) is 0. The van der Waals surface area contributed by atoms with Crippen LogP contribution in [-0.2, 0) is 0 Å². The molecule has 4 rings (SSSR count). The number of hydrogen-bond acceptors (Lipinski definition) is 5. The molecule has 0 radical (unpaired) electrons. The maximum absolute atomic E-state index is 11.5. The molecule has 0 aliphatic carbocycles. The number of aromatic nitrogens is 5. The van der Waals surface area contributed by atoms with E-state index in [0.29, 0.717) is 5.65 Å². The third-order valence-corrected chi connectivity index (χ3v) is 3.60. The van der Waals surface area contributed by atoms with Crippen molar-refractivity contribution < 1.29 is 0 Å². The molecule has 0 fully saturated rings. The van der Waals surface area contributed by atoms with Crippen molar-refractivity contribution in [1.82, 2.24) is 25.0 Å². The second kappa shape index (κ2) is 2.89. The standard InChI is InChI=1S/C10H5N5OS/c16-10-11-7-5-3-1-2-4-6(5)15-9(8(7)17-10)12-13-14-15/h1-4H,(H,11,16). The number of tetrazole rings is 1. The van der Waals surface area contributed by atoms with E-state index in [2.05, 4.69) is 20.5 Å². The molecule has 3 aromatic heterocycles. The molecule has 0 unspecified atom stereocenters. The SMILES string of the molecule is O=c1[nH]c2c3ccccc3n3nnnc3c2s1. The first-order chi connectivity index (χ1) is 8.34. The fraction of sp³-hybridized carbons (Fsp3) is 0. The van der Waals surface area contributed by atoms with Crippen LogP contribution >= 0.6 is 11.3 Å². The van der Waals surface area contributed by atoms with Gasteiger partial charge in [-0.15, -0.1) is 5.10 Å². The van der Waals surface area contributed by atoms with E-state index in [-0.39, 0.29) is 4.87 Å². The van der Waals surface area contributed by atoms with Gasteiger partial charge in [0.1, 0.15) is 4.70 Å². The number of rotatable bonds is 0. The lowest BCUT2D eigenvalue weighted by Crippen LogP contribution is -1.93. The number of thiazole rings is 1. The van der Waals surface area contributed by atoms with E-state index in [4.69, 9.17) is 0 Å². The fourth-order valence-corrected chi connectivity index (χ4v) is 2.86. The Bertz CT molecular complexity index is 919. The summed E-state index contributed by atoms with van der Waals surface area (Å²) in [6.07, 6.45) is 0. The first kappa shape index (κ1) is 8.82. The lowest BCUT2D eigenvalue weighted by Gasteiger charge is -2.00. The monoisotopic (exact) mass is 243 g/mol. The van der Waals surface area contributed by atoms with Gasteiger partial charge in [0.05, 0.1) is 11.0 Å². The van der Waals surface area contributed by atoms with Crippen LogP contribution in [0, 0.1) is 0 Å². The number of hydrogen-bond donors (Lipinski definition) is 1. The van der Waals surface area contributed by atoms with Gasteiger partial charge in [0.25, 0.3) is 0 Å². The van der Waals surface area contributed by atoms with Gasteiger partial charge in [-0.2, -0.15) is 4.52 Å². The predicted molar refractivity (Wildman–Crippen MR) is 64.3 cm³/mol. The summed E-state index contributed by atoms with van der Waals surface area (Å²) >= 11 is 1.13. The van der Waals surface area contributed by atoms with Crippen molar-refractivity contribution in [2.45, 2.75) is 0 Å². The molecule has 7 heteroatoms. The highest BCUT2D eigenvalue weighted by molar-refractivity contribution is 7.17. The number of pyridine rings is 1. The van der Waals surface area contributed by atoms with Crippen LogP contribution in [-0.4, -0.2) is 25.0 Å². The van der Waals surface area contributed by atoms with Gasteiger partial charge in [-0.25, -0.2) is 0 Å². The van der Waals surface area contributed by atoms with Gasteiger partial charge in [0.15, 0.2) is 5.65 Å². The smallest absolute Gasteiger partial charge is 0.305 e. The Morgan fingerprint density at radius 2 is 2.18 bits per heavy atom. The van der Waals surface area contributed by atoms with Crippen LogP contribution in [0.4, 0.5) is 0 Å². The third kappa shape index (κ3) is 1.03. The molecule has 0 saturated heterocycles. The predicted octanol–water partition coefficient (Wildman–Crippen LogP) is 1.18. The number of nitrogens with one attached hydrogen (secondary N) is 1. The van der Waals surface area contributed by atoms with Crippen LogP contribution in [0.5, 0.6) is 0 Å². The Morgan fingerprint density at radius 1 is 1.29 bits per heavy atom. The van der Waals surface area contributed by atoms with Gasteiger partial charge in [0, 0.05) is 5.39 Å². The Labute approximate surface area is 97.5 Å². The number of aromatic amines is 1. The first-order valence-corrected chi connectivity index (χ1v) is 5.78. The summed E-state index contributed by atoms with van der Waals surface area (Å²) in [4.78, 5) is 14.2. The molecule has 0 atom stereocenters. The lowest BCUT2D eigenvalue weighted by atomic mass is 10.2. The van der Waals surface area contributed by atoms with Crippen LogP contribution in [0.1, 0.15) is 0 Å². The number of nitrogens with zero attached hydrogens (tertiary/aromatic N) is 4. The number of para-hydroxylation sites is 1. The Hall–Kier alpha value is -2.28. The van der Waals surface area contributed by atoms with E-state index < -0.39 is 0 Å². The first-order valence-electron chi connectivity index (χ1n) is 4.96. The van der Waals surface area contributed by atoms with E-state index in [1.54, 1.807) is 4.52 Å². The van der Waals surface area contributed by atoms with Crippen LogP contribution in [0.3, 0.4) is 0 Å². The van der Waals surface area contributed by atoms with E-state index in [1.807, 2.05) is 24.3 Å². The van der Waals surface area contributed by atoms with Gasteiger partial charge in [-0.1, -0.05) is 29.5 Å². The maximum Gasteiger partial charge on any atom is 0.305 e. The average molecular weight is 243 g/mol. The van der Waals surface area contributed by atoms with E-state index in [9.17, 15) is 4.79 Å². The highest BCUT2D eigenvalue weighted by atomic mass is 32.1. The van der Waals surface area contributed by atoms with Gasteiger partial charge in [-0.05, 0) is 16.5 Å². The molecular formula is C10H5N5OS. The van der Waals surface area contributed by atoms with E-state index >= 15 is 0 Å². The molecule has 82 valence electrons. The van der Waals surface area contributed by atoms with Crippen molar-refractivity contribution in [3.8, 4) is 0 Å². The largest absolute Gasteiger partial charge is 0.312 e. The third-order valence-electron chi connectivity index (χ3n) is 2.72. The second-order valence-electron chi connectivity index (χ2n) is 3.65. The van der Waals surface area contributed by atoms with Gasteiger partial charge in [0.2, 0.25) is 0 Å². The zero-order valence-corrected chi connectivity index (χ0v) is 9.23. The highest BCUT2D eigenvalue weighted by Gasteiger charge is 2.13. The summed E-state index contributed by atoms with van der Waals surface area (Å²) in [6.45, 7) is 0. The van der Waals surface area contributed by atoms with E-state index in [0.717, 1.165) is 32.5 Å². The molecular weight excluding hydrogens is 238 g/mol. The quantitative estimate of drug-likeness (QED) is 0.503. The van der Waals surface area contributed by atoms with Crippen molar-refractivity contribution in [3.05, 3.63) is 33.9 Å². The summed E-state index contributed by atoms with van der Waals surface area (Å²) < 4.78 is 2.44. The molecule has 0 aliphatic rings. The van der Waals surface area contributed by atoms with Crippen molar-refractivity contribution >= 4 is 38.1 Å². The normalized spacial score (nSPS) is 11.8. The summed E-state index contributed by atoms with van der Waals surface area (Å²) in [5, 5.41) is 12.5. The average Bonchev–Trinajstić information content (AvgIpc) is 2.94. The van der Waals surface area contributed by atoms with Crippen molar-refractivity contribution in [3.63, 3.8) is 0 Å². The number of benzene rings is 1. The molecule has 0 aliphatic heterocycles. The van der Waals surface area contributed by atoms with Crippen molar-refractivity contribution in [1.29, 1.82) is 0 Å². The molecule has 3 heterocycles. The molecule has 0 spiro atoms. The number of fused-ring (bicyclic) bond motifs is 6. The minimum absolute atomic E-state index is 0.0961. The van der Waals surface area contributed by atoms with Gasteiger partial charge in [-0.3, -0.25) is 4.79 Å². The molecule has 0 bridgehead atoms. The summed E-state index contributed by atoms with van der Waals surface area (Å²) in [6, 6.07) is 7.71. The minimum Gasteiger partial charge on any atom is -0.312 e. The lowest BCUT2D eigenvalue weighted by molar-refractivity contribution is 0.842. The van der Waals surface area contributed by atoms with Crippen LogP contribution < -0.4 is 4.87 Å². The van der Waals surface area contributed by atoms with Gasteiger partial charge >= 0.3 is 4.87 Å². The summed E-state index contributed by atoms with van der Waals surface area (Å²) in [5.41, 5.74) is 2.30. The Balaban J connectivity index is 2.52. The molecule has 1 N–H and O–H groups in total. The molecule has 17 heavy (non-hydrogen) atoms. The zero-order chi connectivity index (χ0) is 11.4. The van der Waals surface area contributed by atoms with E-state index in [1.165, 1.54) is 0 Å². The van der Waals surface area contributed by atoms with Crippen LogP contribution in [0.2, 0.25) is 0 Å². The second-order valence-corrected chi connectivity index (χ2v) is 4.63. The maximum atomic E-state index is 11.5. The topological polar surface area (TPSA) is 75.9 Å². The molecule has 4 aromatic rings.